The average Bonchev–Trinajstić information content (AvgIpc) is 2.91. The number of ether oxygens (including phenoxy) is 1. The van der Waals surface area contributed by atoms with Crippen molar-refractivity contribution < 1.29 is 14.6 Å². The Morgan fingerprint density at radius 3 is 2.53 bits per heavy atom. The molecule has 4 heteroatoms. The Balaban J connectivity index is 1.77. The van der Waals surface area contributed by atoms with Crippen molar-refractivity contribution in [3.05, 3.63) is 0 Å². The van der Waals surface area contributed by atoms with Gasteiger partial charge in [-0.15, -0.1) is 0 Å². The second-order valence-electron chi connectivity index (χ2n) is 4.60. The van der Waals surface area contributed by atoms with E-state index in [1.807, 2.05) is 0 Å². The minimum atomic E-state index is -0.691. The zero-order valence-electron chi connectivity index (χ0n) is 9.19. The molecule has 15 heavy (non-hydrogen) atoms. The zero-order valence-corrected chi connectivity index (χ0v) is 9.19. The van der Waals surface area contributed by atoms with Gasteiger partial charge in [-0.1, -0.05) is 0 Å². The predicted molar refractivity (Wildman–Crippen MR) is 55.8 cm³/mol. The molecular weight excluding hydrogens is 194 g/mol. The lowest BCUT2D eigenvalue weighted by atomic mass is 9.87. The number of carbonyl (C=O) groups is 1. The SMILES string of the molecule is COC1CC(N(CCC(=O)O)C2CC2)C1. The first kappa shape index (κ1) is 10.9. The summed E-state index contributed by atoms with van der Waals surface area (Å²) in [6.45, 7) is 0.709. The first-order valence-electron chi connectivity index (χ1n) is 5.71. The molecule has 0 saturated heterocycles. The van der Waals surface area contributed by atoms with Crippen molar-refractivity contribution >= 4 is 5.97 Å². The summed E-state index contributed by atoms with van der Waals surface area (Å²) in [6, 6.07) is 1.23. The van der Waals surface area contributed by atoms with E-state index in [0.717, 1.165) is 12.8 Å². The maximum absolute atomic E-state index is 10.5. The van der Waals surface area contributed by atoms with Crippen molar-refractivity contribution in [2.24, 2.45) is 0 Å². The van der Waals surface area contributed by atoms with E-state index < -0.39 is 5.97 Å². The van der Waals surface area contributed by atoms with Crippen LogP contribution in [-0.2, 0) is 9.53 Å². The second kappa shape index (κ2) is 4.49. The second-order valence-corrected chi connectivity index (χ2v) is 4.60. The standard InChI is InChI=1S/C11H19NO3/c1-15-10-6-9(7-10)12(8-2-3-8)5-4-11(13)14/h8-10H,2-7H2,1H3,(H,13,14). The van der Waals surface area contributed by atoms with E-state index in [1.165, 1.54) is 12.8 Å². The van der Waals surface area contributed by atoms with Gasteiger partial charge in [0.25, 0.3) is 0 Å². The Bertz CT molecular complexity index is 234. The molecule has 86 valence electrons. The van der Waals surface area contributed by atoms with E-state index in [4.69, 9.17) is 9.84 Å². The van der Waals surface area contributed by atoms with Gasteiger partial charge in [-0.2, -0.15) is 0 Å². The molecule has 0 atom stereocenters. The van der Waals surface area contributed by atoms with Crippen LogP contribution in [0.2, 0.25) is 0 Å². The molecule has 2 aliphatic rings. The lowest BCUT2D eigenvalue weighted by Crippen LogP contribution is -2.49. The Morgan fingerprint density at radius 2 is 2.07 bits per heavy atom. The monoisotopic (exact) mass is 213 g/mol. The average molecular weight is 213 g/mol. The quantitative estimate of drug-likeness (QED) is 0.718. The van der Waals surface area contributed by atoms with Gasteiger partial charge in [0, 0.05) is 25.7 Å². The van der Waals surface area contributed by atoms with Crippen LogP contribution in [0.5, 0.6) is 0 Å². The summed E-state index contributed by atoms with van der Waals surface area (Å²) in [5, 5.41) is 8.68. The topological polar surface area (TPSA) is 49.8 Å². The van der Waals surface area contributed by atoms with E-state index in [0.29, 0.717) is 24.7 Å². The summed E-state index contributed by atoms with van der Waals surface area (Å²) in [5.74, 6) is -0.691. The van der Waals surface area contributed by atoms with Crippen LogP contribution in [0.4, 0.5) is 0 Å². The van der Waals surface area contributed by atoms with Crippen molar-refractivity contribution in [2.75, 3.05) is 13.7 Å². The Labute approximate surface area is 90.2 Å². The molecule has 0 aliphatic heterocycles. The van der Waals surface area contributed by atoms with Crippen LogP contribution in [0.25, 0.3) is 0 Å². The summed E-state index contributed by atoms with van der Waals surface area (Å²) in [7, 11) is 1.75. The minimum absolute atomic E-state index is 0.269. The molecule has 1 N–H and O–H groups in total. The van der Waals surface area contributed by atoms with E-state index in [-0.39, 0.29) is 6.42 Å². The lowest BCUT2D eigenvalue weighted by molar-refractivity contribution is -0.137. The number of carboxylic acid groups (broad SMARTS) is 1. The first-order chi connectivity index (χ1) is 7.20. The highest BCUT2D eigenvalue weighted by Gasteiger charge is 2.40. The fourth-order valence-corrected chi connectivity index (χ4v) is 2.30. The minimum Gasteiger partial charge on any atom is -0.481 e. The van der Waals surface area contributed by atoms with Crippen LogP contribution in [0.3, 0.4) is 0 Å². The molecule has 0 bridgehead atoms. The van der Waals surface area contributed by atoms with Gasteiger partial charge >= 0.3 is 5.97 Å². The molecule has 0 aromatic rings. The van der Waals surface area contributed by atoms with Gasteiger partial charge in [0.2, 0.25) is 0 Å². The number of rotatable bonds is 6. The van der Waals surface area contributed by atoms with E-state index in [1.54, 1.807) is 7.11 Å². The third-order valence-electron chi connectivity index (χ3n) is 3.47. The highest BCUT2D eigenvalue weighted by Crippen LogP contribution is 2.36. The van der Waals surface area contributed by atoms with Gasteiger partial charge in [-0.25, -0.2) is 0 Å². The summed E-state index contributed by atoms with van der Waals surface area (Å²) < 4.78 is 5.25. The molecule has 0 heterocycles. The molecule has 2 rings (SSSR count). The Kier molecular flexibility index (Phi) is 3.26. The third-order valence-corrected chi connectivity index (χ3v) is 3.47. The highest BCUT2D eigenvalue weighted by atomic mass is 16.5. The Hall–Kier alpha value is -0.610. The van der Waals surface area contributed by atoms with Crippen LogP contribution < -0.4 is 0 Å². The molecule has 0 aromatic carbocycles. The molecular formula is C11H19NO3. The van der Waals surface area contributed by atoms with Crippen molar-refractivity contribution in [3.63, 3.8) is 0 Å². The Morgan fingerprint density at radius 1 is 1.40 bits per heavy atom. The smallest absolute Gasteiger partial charge is 0.304 e. The van der Waals surface area contributed by atoms with E-state index in [2.05, 4.69) is 4.90 Å². The van der Waals surface area contributed by atoms with Gasteiger partial charge in [-0.05, 0) is 25.7 Å². The third kappa shape index (κ3) is 2.69. The number of aliphatic carboxylic acids is 1. The van der Waals surface area contributed by atoms with Gasteiger partial charge in [0.1, 0.15) is 0 Å². The number of hydrogen-bond acceptors (Lipinski definition) is 3. The highest BCUT2D eigenvalue weighted by molar-refractivity contribution is 5.66. The van der Waals surface area contributed by atoms with Gasteiger partial charge in [0.15, 0.2) is 0 Å². The molecule has 0 radical (unpaired) electrons. The molecule has 0 aromatic heterocycles. The summed E-state index contributed by atoms with van der Waals surface area (Å²) in [6.07, 6.45) is 5.31. The van der Waals surface area contributed by atoms with Crippen LogP contribution in [0.1, 0.15) is 32.1 Å². The largest absolute Gasteiger partial charge is 0.481 e. The maximum atomic E-state index is 10.5. The van der Waals surface area contributed by atoms with Crippen LogP contribution in [0, 0.1) is 0 Å². The van der Waals surface area contributed by atoms with Crippen LogP contribution >= 0.6 is 0 Å². The molecule has 0 spiro atoms. The number of nitrogens with zero attached hydrogens (tertiary/aromatic N) is 1. The van der Waals surface area contributed by atoms with E-state index >= 15 is 0 Å². The van der Waals surface area contributed by atoms with E-state index in [9.17, 15) is 4.79 Å². The molecule has 2 saturated carbocycles. The molecule has 2 aliphatic carbocycles. The van der Waals surface area contributed by atoms with Gasteiger partial charge in [0.05, 0.1) is 12.5 Å². The normalized spacial score (nSPS) is 30.3. The first-order valence-corrected chi connectivity index (χ1v) is 5.71. The molecule has 0 unspecified atom stereocenters. The number of carboxylic acids is 1. The zero-order chi connectivity index (χ0) is 10.8. The maximum Gasteiger partial charge on any atom is 0.304 e. The fourth-order valence-electron chi connectivity index (χ4n) is 2.30. The summed E-state index contributed by atoms with van der Waals surface area (Å²) in [5.41, 5.74) is 0. The number of hydrogen-bond donors (Lipinski definition) is 1. The van der Waals surface area contributed by atoms with Crippen molar-refractivity contribution in [1.29, 1.82) is 0 Å². The lowest BCUT2D eigenvalue weighted by Gasteiger charge is -2.42. The molecule has 4 nitrogen and oxygen atoms in total. The summed E-state index contributed by atoms with van der Waals surface area (Å²) >= 11 is 0. The van der Waals surface area contributed by atoms with Crippen molar-refractivity contribution in [1.82, 2.24) is 4.90 Å². The van der Waals surface area contributed by atoms with Crippen molar-refractivity contribution in [3.8, 4) is 0 Å². The van der Waals surface area contributed by atoms with Gasteiger partial charge in [-0.3, -0.25) is 9.69 Å². The van der Waals surface area contributed by atoms with Gasteiger partial charge < -0.3 is 9.84 Å². The predicted octanol–water partition coefficient (Wildman–Crippen LogP) is 1.10. The molecule has 0 amide bonds. The number of methoxy groups -OCH3 is 1. The fraction of sp³-hybridized carbons (Fsp3) is 0.909. The van der Waals surface area contributed by atoms with Crippen LogP contribution in [0.15, 0.2) is 0 Å². The van der Waals surface area contributed by atoms with Crippen LogP contribution in [-0.4, -0.2) is 47.8 Å². The molecule has 2 fully saturated rings. The van der Waals surface area contributed by atoms with Crippen molar-refractivity contribution in [2.45, 2.75) is 50.3 Å². The summed E-state index contributed by atoms with van der Waals surface area (Å²) in [4.78, 5) is 12.9.